The number of carbonyl (C=O) groups excluding carboxylic acids is 1. The molecule has 1 amide bonds. The van der Waals surface area contributed by atoms with E-state index in [-0.39, 0.29) is 11.9 Å². The lowest BCUT2D eigenvalue weighted by Crippen LogP contribution is -2.28. The number of methoxy groups -OCH3 is 2. The molecule has 0 aromatic heterocycles. The summed E-state index contributed by atoms with van der Waals surface area (Å²) in [5.74, 6) is 2.64. The van der Waals surface area contributed by atoms with Crippen molar-refractivity contribution >= 4 is 17.7 Å². The molecule has 0 radical (unpaired) electrons. The molecule has 1 unspecified atom stereocenters. The predicted octanol–water partition coefficient (Wildman–Crippen LogP) is 4.12. The van der Waals surface area contributed by atoms with E-state index in [1.54, 1.807) is 26.0 Å². The summed E-state index contributed by atoms with van der Waals surface area (Å²) in [5.41, 5.74) is 3.51. The fourth-order valence-corrected chi connectivity index (χ4v) is 3.43. The van der Waals surface area contributed by atoms with Crippen LogP contribution in [0.1, 0.15) is 29.7 Å². The van der Waals surface area contributed by atoms with E-state index in [4.69, 9.17) is 9.47 Å². The molecular formula is C20H25NO3S. The molecule has 2 aromatic carbocycles. The van der Waals surface area contributed by atoms with E-state index in [2.05, 4.69) is 24.4 Å². The summed E-state index contributed by atoms with van der Waals surface area (Å²) in [6.07, 6.45) is 0. The van der Waals surface area contributed by atoms with Gasteiger partial charge < -0.3 is 14.8 Å². The number of nitrogens with one attached hydrogen (secondary N) is 1. The molecule has 4 nitrogen and oxygen atoms in total. The predicted molar refractivity (Wildman–Crippen MR) is 103 cm³/mol. The van der Waals surface area contributed by atoms with Gasteiger partial charge in [-0.3, -0.25) is 4.79 Å². The summed E-state index contributed by atoms with van der Waals surface area (Å²) in [7, 11) is 3.21. The van der Waals surface area contributed by atoms with Crippen molar-refractivity contribution in [3.63, 3.8) is 0 Å². The fraction of sp³-hybridized carbons (Fsp3) is 0.350. The van der Waals surface area contributed by atoms with Crippen LogP contribution >= 0.6 is 11.8 Å². The molecular weight excluding hydrogens is 334 g/mol. The lowest BCUT2D eigenvalue weighted by molar-refractivity contribution is -0.119. The second kappa shape index (κ2) is 9.37. The third-order valence-corrected chi connectivity index (χ3v) is 5.02. The maximum Gasteiger partial charge on any atom is 0.230 e. The highest BCUT2D eigenvalue weighted by Gasteiger charge is 2.13. The molecule has 5 heteroatoms. The molecule has 0 heterocycles. The average Bonchev–Trinajstić information content (AvgIpc) is 2.62. The number of thioether (sulfide) groups is 1. The van der Waals surface area contributed by atoms with Crippen molar-refractivity contribution in [2.24, 2.45) is 0 Å². The summed E-state index contributed by atoms with van der Waals surface area (Å²) in [6.45, 7) is 4.06. The minimum atomic E-state index is -0.0913. The highest BCUT2D eigenvalue weighted by atomic mass is 32.2. The van der Waals surface area contributed by atoms with Gasteiger partial charge in [-0.2, -0.15) is 0 Å². The van der Waals surface area contributed by atoms with Crippen molar-refractivity contribution in [2.45, 2.75) is 25.6 Å². The zero-order chi connectivity index (χ0) is 18.2. The maximum absolute atomic E-state index is 12.2. The van der Waals surface area contributed by atoms with Gasteiger partial charge in [0.05, 0.1) is 26.0 Å². The SMILES string of the molecule is COc1ccc(C(C)NC(=O)CSCc2ccccc2C)cc1OC. The lowest BCUT2D eigenvalue weighted by Gasteiger charge is -2.16. The molecule has 0 aliphatic carbocycles. The smallest absolute Gasteiger partial charge is 0.230 e. The van der Waals surface area contributed by atoms with E-state index in [1.807, 2.05) is 37.3 Å². The Bertz CT molecular complexity index is 718. The van der Waals surface area contributed by atoms with Crippen molar-refractivity contribution in [2.75, 3.05) is 20.0 Å². The molecule has 25 heavy (non-hydrogen) atoms. The molecule has 0 aliphatic heterocycles. The van der Waals surface area contributed by atoms with E-state index in [0.717, 1.165) is 11.3 Å². The summed E-state index contributed by atoms with van der Waals surface area (Å²) >= 11 is 1.62. The van der Waals surface area contributed by atoms with Gasteiger partial charge in [-0.05, 0) is 42.7 Å². The molecule has 1 N–H and O–H groups in total. The zero-order valence-electron chi connectivity index (χ0n) is 15.2. The maximum atomic E-state index is 12.2. The molecule has 1 atom stereocenters. The number of ether oxygens (including phenoxy) is 2. The number of amides is 1. The normalized spacial score (nSPS) is 11.7. The number of benzene rings is 2. The molecule has 0 saturated carbocycles. The fourth-order valence-electron chi connectivity index (χ4n) is 2.51. The Morgan fingerprint density at radius 2 is 1.84 bits per heavy atom. The summed E-state index contributed by atoms with van der Waals surface area (Å²) < 4.78 is 10.6. The molecule has 0 spiro atoms. The monoisotopic (exact) mass is 359 g/mol. The van der Waals surface area contributed by atoms with E-state index in [0.29, 0.717) is 17.3 Å². The highest BCUT2D eigenvalue weighted by Crippen LogP contribution is 2.29. The van der Waals surface area contributed by atoms with E-state index in [9.17, 15) is 4.79 Å². The number of hydrogen-bond acceptors (Lipinski definition) is 4. The lowest BCUT2D eigenvalue weighted by atomic mass is 10.1. The second-order valence-electron chi connectivity index (χ2n) is 5.82. The van der Waals surface area contributed by atoms with E-state index in [1.165, 1.54) is 11.1 Å². The Morgan fingerprint density at radius 1 is 1.12 bits per heavy atom. The molecule has 134 valence electrons. The second-order valence-corrected chi connectivity index (χ2v) is 6.81. The van der Waals surface area contributed by atoms with Crippen LogP contribution in [0, 0.1) is 6.92 Å². The summed E-state index contributed by atoms with van der Waals surface area (Å²) in [4.78, 5) is 12.2. The van der Waals surface area contributed by atoms with Crippen LogP contribution in [-0.2, 0) is 10.5 Å². The van der Waals surface area contributed by atoms with Crippen LogP contribution in [0.15, 0.2) is 42.5 Å². The van der Waals surface area contributed by atoms with Gasteiger partial charge in [-0.15, -0.1) is 11.8 Å². The Kier molecular flexibility index (Phi) is 7.19. The van der Waals surface area contributed by atoms with E-state index >= 15 is 0 Å². The van der Waals surface area contributed by atoms with Crippen LogP contribution in [0.5, 0.6) is 11.5 Å². The molecule has 2 aromatic rings. The Labute approximate surface area is 153 Å². The van der Waals surface area contributed by atoms with Gasteiger partial charge in [0.25, 0.3) is 0 Å². The van der Waals surface area contributed by atoms with Crippen LogP contribution in [0.25, 0.3) is 0 Å². The van der Waals surface area contributed by atoms with Gasteiger partial charge in [-0.1, -0.05) is 30.3 Å². The quantitative estimate of drug-likeness (QED) is 0.770. The Hall–Kier alpha value is -2.14. The third-order valence-electron chi connectivity index (χ3n) is 4.04. The standard InChI is InChI=1S/C20H25NO3S/c1-14-7-5-6-8-17(14)12-25-13-20(22)21-15(2)16-9-10-18(23-3)19(11-16)24-4/h5-11,15H,12-13H2,1-4H3,(H,21,22). The van der Waals surface area contributed by atoms with Gasteiger partial charge in [0, 0.05) is 5.75 Å². The first-order valence-electron chi connectivity index (χ1n) is 8.18. The number of carbonyl (C=O) groups is 1. The zero-order valence-corrected chi connectivity index (χ0v) is 16.0. The van der Waals surface area contributed by atoms with Crippen molar-refractivity contribution in [3.05, 3.63) is 59.2 Å². The number of aryl methyl sites for hydroxylation is 1. The van der Waals surface area contributed by atoms with Crippen LogP contribution in [0.2, 0.25) is 0 Å². The van der Waals surface area contributed by atoms with Crippen molar-refractivity contribution in [3.8, 4) is 11.5 Å². The van der Waals surface area contributed by atoms with Gasteiger partial charge in [-0.25, -0.2) is 0 Å². The van der Waals surface area contributed by atoms with Crippen LogP contribution in [0.4, 0.5) is 0 Å². The number of rotatable bonds is 8. The minimum Gasteiger partial charge on any atom is -0.493 e. The average molecular weight is 359 g/mol. The number of hydrogen-bond donors (Lipinski definition) is 1. The highest BCUT2D eigenvalue weighted by molar-refractivity contribution is 7.99. The molecule has 0 aliphatic rings. The van der Waals surface area contributed by atoms with Gasteiger partial charge in [0.2, 0.25) is 5.91 Å². The van der Waals surface area contributed by atoms with Crippen molar-refractivity contribution in [1.82, 2.24) is 5.32 Å². The largest absolute Gasteiger partial charge is 0.493 e. The molecule has 0 fully saturated rings. The minimum absolute atomic E-state index is 0.0286. The summed E-state index contributed by atoms with van der Waals surface area (Å²) in [6, 6.07) is 13.8. The first-order chi connectivity index (χ1) is 12.0. The summed E-state index contributed by atoms with van der Waals surface area (Å²) in [5, 5.41) is 3.03. The van der Waals surface area contributed by atoms with Gasteiger partial charge in [0.1, 0.15) is 0 Å². The first-order valence-corrected chi connectivity index (χ1v) is 9.34. The van der Waals surface area contributed by atoms with Crippen LogP contribution in [-0.4, -0.2) is 25.9 Å². The van der Waals surface area contributed by atoms with Gasteiger partial charge in [0.15, 0.2) is 11.5 Å². The molecule has 2 rings (SSSR count). The first kappa shape index (κ1) is 19.2. The van der Waals surface area contributed by atoms with Crippen molar-refractivity contribution in [1.29, 1.82) is 0 Å². The topological polar surface area (TPSA) is 47.6 Å². The third kappa shape index (κ3) is 5.43. The molecule has 0 saturated heterocycles. The Morgan fingerprint density at radius 3 is 2.52 bits per heavy atom. The van der Waals surface area contributed by atoms with Crippen LogP contribution < -0.4 is 14.8 Å². The van der Waals surface area contributed by atoms with Gasteiger partial charge >= 0.3 is 0 Å². The van der Waals surface area contributed by atoms with Crippen LogP contribution in [0.3, 0.4) is 0 Å². The van der Waals surface area contributed by atoms with Crippen molar-refractivity contribution < 1.29 is 14.3 Å². The van der Waals surface area contributed by atoms with E-state index < -0.39 is 0 Å². The molecule has 0 bridgehead atoms. The Balaban J connectivity index is 1.86.